The van der Waals surface area contributed by atoms with Crippen LogP contribution in [0.4, 0.5) is 5.69 Å². The predicted molar refractivity (Wildman–Crippen MR) is 72.7 cm³/mol. The van der Waals surface area contributed by atoms with E-state index in [1.807, 2.05) is 24.3 Å². The Morgan fingerprint density at radius 3 is 2.82 bits per heavy atom. The lowest BCUT2D eigenvalue weighted by atomic mass is 9.85. The number of rotatable bonds is 2. The molecule has 2 unspecified atom stereocenters. The van der Waals surface area contributed by atoms with E-state index in [4.69, 9.17) is 5.73 Å². The summed E-state index contributed by atoms with van der Waals surface area (Å²) in [6, 6.07) is 7.83. The van der Waals surface area contributed by atoms with Gasteiger partial charge in [0.25, 0.3) is 0 Å². The molecule has 0 radical (unpaired) electrons. The van der Waals surface area contributed by atoms with Gasteiger partial charge in [0.15, 0.2) is 0 Å². The molecule has 1 amide bonds. The van der Waals surface area contributed by atoms with Crippen LogP contribution in [0.3, 0.4) is 0 Å². The van der Waals surface area contributed by atoms with Crippen molar-refractivity contribution in [3.63, 3.8) is 0 Å². The maximum atomic E-state index is 12.1. The third-order valence-electron chi connectivity index (χ3n) is 3.22. The molecule has 1 aliphatic rings. The Morgan fingerprint density at radius 1 is 1.35 bits per heavy atom. The number of halogens is 1. The molecule has 1 aromatic rings. The monoisotopic (exact) mass is 296 g/mol. The molecule has 0 saturated heterocycles. The van der Waals surface area contributed by atoms with E-state index in [0.29, 0.717) is 0 Å². The molecule has 3 N–H and O–H groups in total. The smallest absolute Gasteiger partial charge is 0.227 e. The lowest BCUT2D eigenvalue weighted by Crippen LogP contribution is -2.34. The third kappa shape index (κ3) is 3.30. The highest BCUT2D eigenvalue weighted by Gasteiger charge is 2.25. The van der Waals surface area contributed by atoms with Gasteiger partial charge < -0.3 is 11.1 Å². The number of nitrogens with one attached hydrogen (secondary N) is 1. The fraction of sp³-hybridized carbons (Fsp3) is 0.462. The van der Waals surface area contributed by atoms with E-state index in [9.17, 15) is 4.79 Å². The SMILES string of the molecule is NC1CCCC(C(=O)Nc2ccccc2Br)C1. The zero-order valence-corrected chi connectivity index (χ0v) is 11.2. The molecule has 92 valence electrons. The van der Waals surface area contributed by atoms with Crippen molar-refractivity contribution in [2.24, 2.45) is 11.7 Å². The Morgan fingerprint density at radius 2 is 2.12 bits per heavy atom. The molecule has 0 spiro atoms. The van der Waals surface area contributed by atoms with Crippen molar-refractivity contribution in [1.29, 1.82) is 0 Å². The highest BCUT2D eigenvalue weighted by molar-refractivity contribution is 9.10. The molecule has 0 bridgehead atoms. The standard InChI is InChI=1S/C13H17BrN2O/c14-11-6-1-2-7-12(11)16-13(17)9-4-3-5-10(15)8-9/h1-2,6-7,9-10H,3-5,8,15H2,(H,16,17). The minimum absolute atomic E-state index is 0.0610. The van der Waals surface area contributed by atoms with Gasteiger partial charge in [-0.15, -0.1) is 0 Å². The van der Waals surface area contributed by atoms with Gasteiger partial charge in [0.2, 0.25) is 5.91 Å². The summed E-state index contributed by atoms with van der Waals surface area (Å²) in [5.41, 5.74) is 6.73. The third-order valence-corrected chi connectivity index (χ3v) is 3.91. The Kier molecular flexibility index (Phi) is 4.18. The zero-order valence-electron chi connectivity index (χ0n) is 9.66. The average Bonchev–Trinajstić information content (AvgIpc) is 2.32. The van der Waals surface area contributed by atoms with Crippen LogP contribution in [0, 0.1) is 5.92 Å². The number of anilines is 1. The van der Waals surface area contributed by atoms with E-state index in [2.05, 4.69) is 21.2 Å². The van der Waals surface area contributed by atoms with Gasteiger partial charge >= 0.3 is 0 Å². The van der Waals surface area contributed by atoms with Crippen molar-refractivity contribution in [1.82, 2.24) is 0 Å². The van der Waals surface area contributed by atoms with Crippen LogP contribution in [0.5, 0.6) is 0 Å². The summed E-state index contributed by atoms with van der Waals surface area (Å²) in [6.45, 7) is 0. The first-order valence-corrected chi connectivity index (χ1v) is 6.77. The van der Waals surface area contributed by atoms with Crippen LogP contribution in [-0.2, 0) is 4.79 Å². The second kappa shape index (κ2) is 5.65. The number of nitrogens with two attached hydrogens (primary N) is 1. The maximum absolute atomic E-state index is 12.1. The van der Waals surface area contributed by atoms with Crippen molar-refractivity contribution in [3.05, 3.63) is 28.7 Å². The van der Waals surface area contributed by atoms with Gasteiger partial charge in [0.05, 0.1) is 5.69 Å². The molecule has 1 aromatic carbocycles. The second-order valence-corrected chi connectivity index (χ2v) is 5.45. The van der Waals surface area contributed by atoms with Crippen LogP contribution in [0.25, 0.3) is 0 Å². The van der Waals surface area contributed by atoms with Gasteiger partial charge in [-0.1, -0.05) is 18.6 Å². The predicted octanol–water partition coefficient (Wildman–Crippen LogP) is 2.91. The van der Waals surface area contributed by atoms with Crippen molar-refractivity contribution >= 4 is 27.5 Å². The number of hydrogen-bond donors (Lipinski definition) is 2. The summed E-state index contributed by atoms with van der Waals surface area (Å²) >= 11 is 3.42. The zero-order chi connectivity index (χ0) is 12.3. The molecule has 3 nitrogen and oxygen atoms in total. The van der Waals surface area contributed by atoms with E-state index in [1.165, 1.54) is 0 Å². The van der Waals surface area contributed by atoms with Crippen LogP contribution in [-0.4, -0.2) is 11.9 Å². The van der Waals surface area contributed by atoms with Gasteiger partial charge in [-0.25, -0.2) is 0 Å². The lowest BCUT2D eigenvalue weighted by Gasteiger charge is -2.25. The topological polar surface area (TPSA) is 55.1 Å². The highest BCUT2D eigenvalue weighted by Crippen LogP contribution is 2.26. The number of carbonyl (C=O) groups excluding carboxylic acids is 1. The first-order chi connectivity index (χ1) is 8.16. The normalized spacial score (nSPS) is 24.4. The van der Waals surface area contributed by atoms with Crippen molar-refractivity contribution in [2.45, 2.75) is 31.7 Å². The fourth-order valence-corrected chi connectivity index (χ4v) is 2.65. The van der Waals surface area contributed by atoms with E-state index in [0.717, 1.165) is 35.8 Å². The molecule has 4 heteroatoms. The number of hydrogen-bond acceptors (Lipinski definition) is 2. The average molecular weight is 297 g/mol. The molecule has 1 fully saturated rings. The van der Waals surface area contributed by atoms with Gasteiger partial charge in [-0.05, 0) is 47.3 Å². The van der Waals surface area contributed by atoms with Gasteiger partial charge in [-0.3, -0.25) is 4.79 Å². The molecule has 1 aliphatic carbocycles. The highest BCUT2D eigenvalue weighted by atomic mass is 79.9. The van der Waals surface area contributed by atoms with E-state index >= 15 is 0 Å². The van der Waals surface area contributed by atoms with E-state index < -0.39 is 0 Å². The Hall–Kier alpha value is -0.870. The van der Waals surface area contributed by atoms with Crippen LogP contribution in [0.2, 0.25) is 0 Å². The Balaban J connectivity index is 1.99. The fourth-order valence-electron chi connectivity index (χ4n) is 2.26. The molecule has 2 rings (SSSR count). The quantitative estimate of drug-likeness (QED) is 0.882. The Labute approximate surface area is 110 Å². The molecular formula is C13H17BrN2O. The molecule has 2 atom stereocenters. The minimum atomic E-state index is 0.0610. The molecular weight excluding hydrogens is 280 g/mol. The van der Waals surface area contributed by atoms with Crippen LogP contribution < -0.4 is 11.1 Å². The summed E-state index contributed by atoms with van der Waals surface area (Å²) in [4.78, 5) is 12.1. The largest absolute Gasteiger partial charge is 0.328 e. The van der Waals surface area contributed by atoms with Crippen molar-refractivity contribution in [2.75, 3.05) is 5.32 Å². The van der Waals surface area contributed by atoms with E-state index in [-0.39, 0.29) is 17.9 Å². The summed E-state index contributed by atoms with van der Waals surface area (Å²) in [6.07, 6.45) is 3.84. The van der Waals surface area contributed by atoms with Gasteiger partial charge in [0.1, 0.15) is 0 Å². The van der Waals surface area contributed by atoms with Crippen LogP contribution in [0.15, 0.2) is 28.7 Å². The van der Waals surface area contributed by atoms with Crippen LogP contribution in [0.1, 0.15) is 25.7 Å². The number of amides is 1. The molecule has 0 aliphatic heterocycles. The molecule has 1 saturated carbocycles. The first-order valence-electron chi connectivity index (χ1n) is 5.98. The second-order valence-electron chi connectivity index (χ2n) is 4.59. The van der Waals surface area contributed by atoms with Crippen molar-refractivity contribution in [3.8, 4) is 0 Å². The summed E-state index contributed by atoms with van der Waals surface area (Å²) in [5.74, 6) is 0.151. The lowest BCUT2D eigenvalue weighted by molar-refractivity contribution is -0.120. The minimum Gasteiger partial charge on any atom is -0.328 e. The maximum Gasteiger partial charge on any atom is 0.227 e. The van der Waals surface area contributed by atoms with Crippen molar-refractivity contribution < 1.29 is 4.79 Å². The van der Waals surface area contributed by atoms with Gasteiger partial charge in [0, 0.05) is 16.4 Å². The molecule has 0 heterocycles. The summed E-state index contributed by atoms with van der Waals surface area (Å²) < 4.78 is 0.911. The Bertz CT molecular complexity index is 408. The molecule has 17 heavy (non-hydrogen) atoms. The number of benzene rings is 1. The first kappa shape index (κ1) is 12.6. The summed E-state index contributed by atoms with van der Waals surface area (Å²) in [5, 5.41) is 2.96. The van der Waals surface area contributed by atoms with Crippen LogP contribution >= 0.6 is 15.9 Å². The number of carbonyl (C=O) groups is 1. The van der Waals surface area contributed by atoms with Gasteiger partial charge in [-0.2, -0.15) is 0 Å². The number of para-hydroxylation sites is 1. The molecule has 0 aromatic heterocycles. The van der Waals surface area contributed by atoms with E-state index in [1.54, 1.807) is 0 Å². The summed E-state index contributed by atoms with van der Waals surface area (Å²) in [7, 11) is 0.